The fourth-order valence-electron chi connectivity index (χ4n) is 3.15. The molecule has 1 aliphatic rings. The maximum absolute atomic E-state index is 13.3. The van der Waals surface area contributed by atoms with Gasteiger partial charge in [-0.3, -0.25) is 0 Å². The molecular formula is C17H25ClFN. The van der Waals surface area contributed by atoms with Crippen molar-refractivity contribution in [1.29, 1.82) is 0 Å². The Hall–Kier alpha value is -0.600. The van der Waals surface area contributed by atoms with Gasteiger partial charge in [-0.25, -0.2) is 4.39 Å². The van der Waals surface area contributed by atoms with Gasteiger partial charge in [0.1, 0.15) is 5.82 Å². The van der Waals surface area contributed by atoms with Crippen molar-refractivity contribution in [3.63, 3.8) is 0 Å². The van der Waals surface area contributed by atoms with Gasteiger partial charge in [0.2, 0.25) is 0 Å². The summed E-state index contributed by atoms with van der Waals surface area (Å²) in [5.74, 6) is 0.502. The molecule has 0 heterocycles. The third-order valence-electron chi connectivity index (χ3n) is 4.40. The van der Waals surface area contributed by atoms with Gasteiger partial charge >= 0.3 is 0 Å². The molecule has 0 saturated heterocycles. The summed E-state index contributed by atoms with van der Waals surface area (Å²) in [4.78, 5) is 0. The van der Waals surface area contributed by atoms with Gasteiger partial charge in [-0.15, -0.1) is 0 Å². The molecule has 0 bridgehead atoms. The molecule has 20 heavy (non-hydrogen) atoms. The average Bonchev–Trinajstić information content (AvgIpc) is 2.28. The zero-order valence-electron chi connectivity index (χ0n) is 12.9. The fourth-order valence-corrected chi connectivity index (χ4v) is 3.52. The predicted molar refractivity (Wildman–Crippen MR) is 83.9 cm³/mol. The standard InChI is InChI=1S/C17H25ClFN/c1-5-12-9-17(10-12,11-20-16(2,3)4)14-7-6-13(19)8-15(14)18/h6-8,12,20H,5,9-11H2,1-4H3. The molecule has 0 aromatic heterocycles. The first kappa shape index (κ1) is 15.8. The van der Waals surface area contributed by atoms with Gasteiger partial charge in [0.05, 0.1) is 0 Å². The number of rotatable bonds is 4. The summed E-state index contributed by atoms with van der Waals surface area (Å²) in [6.45, 7) is 9.64. The highest BCUT2D eigenvalue weighted by Crippen LogP contribution is 2.50. The van der Waals surface area contributed by atoms with E-state index in [1.54, 1.807) is 0 Å². The van der Waals surface area contributed by atoms with Gasteiger partial charge < -0.3 is 5.32 Å². The Morgan fingerprint density at radius 1 is 1.35 bits per heavy atom. The van der Waals surface area contributed by atoms with Crippen LogP contribution in [-0.2, 0) is 5.41 Å². The van der Waals surface area contributed by atoms with E-state index in [2.05, 4.69) is 33.0 Å². The van der Waals surface area contributed by atoms with Crippen LogP contribution in [0.2, 0.25) is 5.02 Å². The quantitative estimate of drug-likeness (QED) is 0.831. The molecular weight excluding hydrogens is 273 g/mol. The summed E-state index contributed by atoms with van der Waals surface area (Å²) in [5.41, 5.74) is 1.25. The van der Waals surface area contributed by atoms with Crippen LogP contribution >= 0.6 is 11.6 Å². The molecule has 0 amide bonds. The first-order valence-electron chi connectivity index (χ1n) is 7.46. The number of halogens is 2. The Kier molecular flexibility index (Phi) is 4.46. The van der Waals surface area contributed by atoms with Crippen molar-refractivity contribution in [2.24, 2.45) is 5.92 Å². The van der Waals surface area contributed by atoms with Gasteiger partial charge in [0, 0.05) is 22.5 Å². The van der Waals surface area contributed by atoms with Crippen molar-refractivity contribution in [3.05, 3.63) is 34.6 Å². The van der Waals surface area contributed by atoms with Crippen LogP contribution in [0.15, 0.2) is 18.2 Å². The highest BCUT2D eigenvalue weighted by molar-refractivity contribution is 6.31. The first-order valence-corrected chi connectivity index (χ1v) is 7.84. The minimum Gasteiger partial charge on any atom is -0.311 e. The van der Waals surface area contributed by atoms with E-state index < -0.39 is 0 Å². The average molecular weight is 298 g/mol. The van der Waals surface area contributed by atoms with Crippen LogP contribution < -0.4 is 5.32 Å². The number of benzene rings is 1. The van der Waals surface area contributed by atoms with E-state index in [4.69, 9.17) is 11.6 Å². The molecule has 1 N–H and O–H groups in total. The minimum atomic E-state index is -0.260. The van der Waals surface area contributed by atoms with Crippen LogP contribution in [0.4, 0.5) is 4.39 Å². The number of hydrogen-bond donors (Lipinski definition) is 1. The zero-order valence-corrected chi connectivity index (χ0v) is 13.6. The molecule has 3 heteroatoms. The van der Waals surface area contributed by atoms with Gasteiger partial charge in [0.15, 0.2) is 0 Å². The lowest BCUT2D eigenvalue weighted by Gasteiger charge is -2.50. The van der Waals surface area contributed by atoms with Gasteiger partial charge in [-0.1, -0.05) is 31.0 Å². The van der Waals surface area contributed by atoms with Crippen molar-refractivity contribution < 1.29 is 4.39 Å². The van der Waals surface area contributed by atoms with E-state index in [0.717, 1.165) is 30.9 Å². The van der Waals surface area contributed by atoms with Crippen LogP contribution in [0, 0.1) is 11.7 Å². The van der Waals surface area contributed by atoms with E-state index in [9.17, 15) is 4.39 Å². The summed E-state index contributed by atoms with van der Waals surface area (Å²) in [6, 6.07) is 4.84. The molecule has 112 valence electrons. The lowest BCUT2D eigenvalue weighted by atomic mass is 9.57. The van der Waals surface area contributed by atoms with E-state index in [-0.39, 0.29) is 16.8 Å². The normalized spacial score (nSPS) is 26.4. The van der Waals surface area contributed by atoms with Crippen LogP contribution in [-0.4, -0.2) is 12.1 Å². The predicted octanol–water partition coefficient (Wildman–Crippen LogP) is 4.93. The highest BCUT2D eigenvalue weighted by atomic mass is 35.5. The van der Waals surface area contributed by atoms with Crippen LogP contribution in [0.3, 0.4) is 0 Å². The summed E-state index contributed by atoms with van der Waals surface area (Å²) < 4.78 is 13.3. The fraction of sp³-hybridized carbons (Fsp3) is 0.647. The van der Waals surface area contributed by atoms with Gasteiger partial charge in [-0.2, -0.15) is 0 Å². The van der Waals surface area contributed by atoms with Gasteiger partial charge in [0.25, 0.3) is 0 Å². The maximum atomic E-state index is 13.3. The first-order chi connectivity index (χ1) is 9.26. The summed E-state index contributed by atoms with van der Waals surface area (Å²) in [7, 11) is 0. The second-order valence-electron chi connectivity index (χ2n) is 7.19. The third kappa shape index (κ3) is 3.35. The third-order valence-corrected chi connectivity index (χ3v) is 4.71. The summed E-state index contributed by atoms with van der Waals surface area (Å²) in [6.07, 6.45) is 3.48. The molecule has 1 nitrogen and oxygen atoms in total. The van der Waals surface area contributed by atoms with E-state index >= 15 is 0 Å². The maximum Gasteiger partial charge on any atom is 0.124 e. The van der Waals surface area contributed by atoms with E-state index in [1.807, 2.05) is 6.07 Å². The molecule has 1 aromatic rings. The Morgan fingerprint density at radius 3 is 2.50 bits per heavy atom. The zero-order chi connectivity index (χ0) is 15.0. The smallest absolute Gasteiger partial charge is 0.124 e. The van der Waals surface area contributed by atoms with Crippen molar-refractivity contribution in [2.45, 2.75) is 57.9 Å². The molecule has 0 atom stereocenters. The lowest BCUT2D eigenvalue weighted by Crippen LogP contribution is -2.52. The SMILES string of the molecule is CCC1CC(CNC(C)(C)C)(c2ccc(F)cc2Cl)C1. The van der Waals surface area contributed by atoms with Crippen molar-refractivity contribution in [2.75, 3.05) is 6.54 Å². The Labute approximate surface area is 126 Å². The van der Waals surface area contributed by atoms with Gasteiger partial charge in [-0.05, 0) is 57.2 Å². The van der Waals surface area contributed by atoms with Crippen LogP contribution in [0.5, 0.6) is 0 Å². The molecule has 0 unspecified atom stereocenters. The second kappa shape index (κ2) is 5.65. The molecule has 2 rings (SSSR count). The van der Waals surface area contributed by atoms with Crippen LogP contribution in [0.1, 0.15) is 52.5 Å². The van der Waals surface area contributed by atoms with Crippen LogP contribution in [0.25, 0.3) is 0 Å². The summed E-state index contributed by atoms with van der Waals surface area (Å²) >= 11 is 6.30. The molecule has 1 aromatic carbocycles. The van der Waals surface area contributed by atoms with Crippen molar-refractivity contribution in [3.8, 4) is 0 Å². The molecule has 1 aliphatic carbocycles. The monoisotopic (exact) mass is 297 g/mol. The Morgan fingerprint density at radius 2 is 2.00 bits per heavy atom. The number of nitrogens with one attached hydrogen (secondary N) is 1. The van der Waals surface area contributed by atoms with Crippen molar-refractivity contribution >= 4 is 11.6 Å². The lowest BCUT2D eigenvalue weighted by molar-refractivity contribution is 0.125. The summed E-state index contributed by atoms with van der Waals surface area (Å²) in [5, 5.41) is 4.16. The molecule has 1 saturated carbocycles. The Bertz CT molecular complexity index is 472. The van der Waals surface area contributed by atoms with E-state index in [1.165, 1.54) is 18.6 Å². The largest absolute Gasteiger partial charge is 0.311 e. The second-order valence-corrected chi connectivity index (χ2v) is 7.60. The molecule has 1 fully saturated rings. The molecule has 0 spiro atoms. The minimum absolute atomic E-state index is 0.0682. The van der Waals surface area contributed by atoms with E-state index in [0.29, 0.717) is 5.02 Å². The van der Waals surface area contributed by atoms with Crippen molar-refractivity contribution in [1.82, 2.24) is 5.32 Å². The topological polar surface area (TPSA) is 12.0 Å². The molecule has 0 aliphatic heterocycles. The number of hydrogen-bond acceptors (Lipinski definition) is 1. The molecule has 0 radical (unpaired) electrons. The highest BCUT2D eigenvalue weighted by Gasteiger charge is 2.45. The Balaban J connectivity index is 2.24.